The van der Waals surface area contributed by atoms with Crippen LogP contribution in [0, 0.1) is 0 Å². The van der Waals surface area contributed by atoms with Gasteiger partial charge in [0.1, 0.15) is 6.54 Å². The van der Waals surface area contributed by atoms with Crippen molar-refractivity contribution < 1.29 is 14.3 Å². The zero-order valence-corrected chi connectivity index (χ0v) is 10.3. The molecule has 0 saturated heterocycles. The van der Waals surface area contributed by atoms with Crippen LogP contribution in [0.15, 0.2) is 0 Å². The smallest absolute Gasteiger partial charge is 0.205 e. The monoisotopic (exact) mass is 204 g/mol. The van der Waals surface area contributed by atoms with Gasteiger partial charge in [0.25, 0.3) is 0 Å². The van der Waals surface area contributed by atoms with Gasteiger partial charge in [-0.25, -0.2) is 0 Å². The van der Waals surface area contributed by atoms with Crippen LogP contribution < -0.4 is 0 Å². The molecule has 14 heavy (non-hydrogen) atoms. The molecule has 0 aliphatic carbocycles. The molecule has 0 aliphatic rings. The van der Waals surface area contributed by atoms with Crippen LogP contribution in [-0.2, 0) is 4.74 Å². The van der Waals surface area contributed by atoms with Crippen LogP contribution in [0.1, 0.15) is 33.1 Å². The quantitative estimate of drug-likeness (QED) is 0.504. The number of aliphatic hydroxyl groups excluding tert-OH is 1. The Morgan fingerprint density at radius 2 is 1.79 bits per heavy atom. The number of quaternary nitrogens is 1. The van der Waals surface area contributed by atoms with E-state index in [1.54, 1.807) is 0 Å². The van der Waals surface area contributed by atoms with Crippen molar-refractivity contribution in [3.05, 3.63) is 0 Å². The van der Waals surface area contributed by atoms with Crippen LogP contribution >= 0.6 is 0 Å². The van der Waals surface area contributed by atoms with Crippen molar-refractivity contribution in [2.24, 2.45) is 0 Å². The lowest BCUT2D eigenvalue weighted by Gasteiger charge is -2.28. The van der Waals surface area contributed by atoms with Crippen molar-refractivity contribution in [2.75, 3.05) is 27.7 Å². The zero-order valence-electron chi connectivity index (χ0n) is 10.3. The molecule has 0 radical (unpaired) electrons. The average Bonchev–Trinajstić information content (AvgIpc) is 2.00. The molecule has 0 bridgehead atoms. The molecule has 0 aromatic heterocycles. The molecule has 1 N–H and O–H groups in total. The first-order chi connectivity index (χ1) is 6.39. The number of rotatable bonds is 7. The topological polar surface area (TPSA) is 29.5 Å². The molecule has 2 unspecified atom stereocenters. The number of nitrogens with zero attached hydrogens (tertiary/aromatic N) is 1. The van der Waals surface area contributed by atoms with Gasteiger partial charge >= 0.3 is 0 Å². The van der Waals surface area contributed by atoms with E-state index in [0.717, 1.165) is 23.7 Å². The third-order valence-electron chi connectivity index (χ3n) is 2.12. The summed E-state index contributed by atoms with van der Waals surface area (Å²) in [4.78, 5) is 0. The first kappa shape index (κ1) is 13.9. The van der Waals surface area contributed by atoms with E-state index in [9.17, 15) is 5.11 Å². The highest BCUT2D eigenvalue weighted by atomic mass is 16.6. The Labute approximate surface area is 88.3 Å². The first-order valence-electron chi connectivity index (χ1n) is 5.53. The summed E-state index contributed by atoms with van der Waals surface area (Å²) >= 11 is 0. The summed E-state index contributed by atoms with van der Waals surface area (Å²) in [5.41, 5.74) is 0. The van der Waals surface area contributed by atoms with Crippen LogP contribution in [0.4, 0.5) is 0 Å². The largest absolute Gasteiger partial charge is 0.364 e. The minimum atomic E-state index is -0.633. The van der Waals surface area contributed by atoms with Crippen LogP contribution in [-0.4, -0.2) is 49.7 Å². The number of aliphatic hydroxyl groups is 1. The highest BCUT2D eigenvalue weighted by Crippen LogP contribution is 2.09. The predicted molar refractivity (Wildman–Crippen MR) is 59.0 cm³/mol. The van der Waals surface area contributed by atoms with Gasteiger partial charge in [-0.15, -0.1) is 0 Å². The van der Waals surface area contributed by atoms with Gasteiger partial charge in [0.2, 0.25) is 6.29 Å². The summed E-state index contributed by atoms with van der Waals surface area (Å²) in [5.74, 6) is 0. The molecule has 0 fully saturated rings. The maximum Gasteiger partial charge on any atom is 0.205 e. The Balaban J connectivity index is 3.84. The van der Waals surface area contributed by atoms with Crippen LogP contribution in [0.5, 0.6) is 0 Å². The molecule has 2 atom stereocenters. The van der Waals surface area contributed by atoms with E-state index < -0.39 is 6.29 Å². The summed E-state index contributed by atoms with van der Waals surface area (Å²) < 4.78 is 6.28. The third-order valence-corrected chi connectivity index (χ3v) is 2.12. The van der Waals surface area contributed by atoms with Crippen molar-refractivity contribution in [3.63, 3.8) is 0 Å². The predicted octanol–water partition coefficient (Wildman–Crippen LogP) is 1.61. The van der Waals surface area contributed by atoms with Crippen molar-refractivity contribution >= 4 is 0 Å². The highest BCUT2D eigenvalue weighted by Gasteiger charge is 2.18. The second-order valence-corrected chi connectivity index (χ2v) is 4.88. The van der Waals surface area contributed by atoms with Crippen LogP contribution in [0.3, 0.4) is 0 Å². The lowest BCUT2D eigenvalue weighted by Crippen LogP contribution is -2.43. The van der Waals surface area contributed by atoms with E-state index in [2.05, 4.69) is 13.8 Å². The van der Waals surface area contributed by atoms with Gasteiger partial charge in [-0.2, -0.15) is 0 Å². The Kier molecular flexibility index (Phi) is 6.33. The normalized spacial score (nSPS) is 16.7. The lowest BCUT2D eigenvalue weighted by molar-refractivity contribution is -0.876. The van der Waals surface area contributed by atoms with E-state index in [0.29, 0.717) is 6.54 Å². The molecular weight excluding hydrogens is 178 g/mol. The first-order valence-corrected chi connectivity index (χ1v) is 5.53. The van der Waals surface area contributed by atoms with E-state index in [1.165, 1.54) is 0 Å². The maximum absolute atomic E-state index is 9.68. The molecule has 0 rings (SSSR count). The minimum Gasteiger partial charge on any atom is -0.364 e. The van der Waals surface area contributed by atoms with Crippen LogP contribution in [0.2, 0.25) is 0 Å². The number of likely N-dealkylation sites (N-methyl/N-ethyl adjacent to an activating group) is 1. The van der Waals surface area contributed by atoms with E-state index in [1.807, 2.05) is 21.1 Å². The minimum absolute atomic E-state index is 0.210. The second-order valence-electron chi connectivity index (χ2n) is 4.88. The molecule has 0 aromatic rings. The SMILES string of the molecule is CCCC(CC)OC(O)C[N+](C)(C)C. The second kappa shape index (κ2) is 6.38. The zero-order chi connectivity index (χ0) is 11.2. The number of hydrogen-bond donors (Lipinski definition) is 1. The van der Waals surface area contributed by atoms with E-state index >= 15 is 0 Å². The Morgan fingerprint density at radius 3 is 2.14 bits per heavy atom. The highest BCUT2D eigenvalue weighted by molar-refractivity contribution is 4.55. The fourth-order valence-electron chi connectivity index (χ4n) is 1.42. The lowest BCUT2D eigenvalue weighted by atomic mass is 10.1. The molecule has 0 aliphatic heterocycles. The summed E-state index contributed by atoms with van der Waals surface area (Å²) in [7, 11) is 6.15. The molecule has 0 amide bonds. The van der Waals surface area contributed by atoms with Crippen molar-refractivity contribution in [3.8, 4) is 0 Å². The summed E-state index contributed by atoms with van der Waals surface area (Å²) in [6.07, 6.45) is 2.69. The van der Waals surface area contributed by atoms with Gasteiger partial charge in [0.05, 0.1) is 27.2 Å². The van der Waals surface area contributed by atoms with Gasteiger partial charge in [-0.1, -0.05) is 20.3 Å². The van der Waals surface area contributed by atoms with Crippen molar-refractivity contribution in [1.82, 2.24) is 0 Å². The standard InChI is InChI=1S/C11H26NO2/c1-6-8-10(7-2)14-11(13)9-12(3,4)5/h10-11,13H,6-9H2,1-5H3/q+1. The van der Waals surface area contributed by atoms with Gasteiger partial charge in [0.15, 0.2) is 0 Å². The van der Waals surface area contributed by atoms with Gasteiger partial charge in [0, 0.05) is 0 Å². The van der Waals surface area contributed by atoms with Crippen LogP contribution in [0.25, 0.3) is 0 Å². The molecule has 0 saturated carbocycles. The molecule has 0 aromatic carbocycles. The van der Waals surface area contributed by atoms with Gasteiger partial charge < -0.3 is 14.3 Å². The molecule has 3 heteroatoms. The molecule has 0 heterocycles. The molecular formula is C11H26NO2+. The van der Waals surface area contributed by atoms with E-state index in [-0.39, 0.29) is 6.10 Å². The Morgan fingerprint density at radius 1 is 1.21 bits per heavy atom. The third kappa shape index (κ3) is 7.30. The fourth-order valence-corrected chi connectivity index (χ4v) is 1.42. The van der Waals surface area contributed by atoms with Crippen molar-refractivity contribution in [1.29, 1.82) is 0 Å². The number of ether oxygens (including phenoxy) is 1. The van der Waals surface area contributed by atoms with Crippen molar-refractivity contribution in [2.45, 2.75) is 45.5 Å². The van der Waals surface area contributed by atoms with Gasteiger partial charge in [-0.3, -0.25) is 0 Å². The molecule has 0 spiro atoms. The Bertz CT molecular complexity index is 143. The summed E-state index contributed by atoms with van der Waals surface area (Å²) in [6, 6.07) is 0. The molecule has 3 nitrogen and oxygen atoms in total. The molecule has 86 valence electrons. The fraction of sp³-hybridized carbons (Fsp3) is 1.00. The number of hydrogen-bond acceptors (Lipinski definition) is 2. The maximum atomic E-state index is 9.68. The van der Waals surface area contributed by atoms with E-state index in [4.69, 9.17) is 4.74 Å². The Hall–Kier alpha value is -0.120. The average molecular weight is 204 g/mol. The summed E-state index contributed by atoms with van der Waals surface area (Å²) in [6.45, 7) is 4.87. The summed E-state index contributed by atoms with van der Waals surface area (Å²) in [5, 5.41) is 9.68. The van der Waals surface area contributed by atoms with Gasteiger partial charge in [-0.05, 0) is 12.8 Å².